The Kier molecular flexibility index (Phi) is 4.85. The lowest BCUT2D eigenvalue weighted by Crippen LogP contribution is -2.14. The molecule has 0 spiro atoms. The number of carbonyl (C=O) groups is 2. The lowest BCUT2D eigenvalue weighted by atomic mass is 9.92. The van der Waals surface area contributed by atoms with Crippen molar-refractivity contribution in [3.8, 4) is 0 Å². The Labute approximate surface area is 86.1 Å². The zero-order valence-corrected chi connectivity index (χ0v) is 9.05. The number of Topliss-reactive ketones (excluding diaryl/α,β-unsaturated/α-hetero) is 2. The van der Waals surface area contributed by atoms with Gasteiger partial charge >= 0.3 is 0 Å². The van der Waals surface area contributed by atoms with Gasteiger partial charge in [-0.15, -0.1) is 0 Å². The maximum atomic E-state index is 11.7. The van der Waals surface area contributed by atoms with Gasteiger partial charge in [0.25, 0.3) is 0 Å². The fourth-order valence-corrected chi connectivity index (χ4v) is 2.10. The Hall–Kier alpha value is -0.660. The van der Waals surface area contributed by atoms with E-state index in [0.29, 0.717) is 18.6 Å². The zero-order valence-electron chi connectivity index (χ0n) is 9.05. The molecule has 0 atom stereocenters. The Morgan fingerprint density at radius 3 is 2.07 bits per heavy atom. The van der Waals surface area contributed by atoms with Crippen molar-refractivity contribution in [2.45, 2.75) is 58.3 Å². The van der Waals surface area contributed by atoms with Crippen LogP contribution in [-0.2, 0) is 9.59 Å². The first-order valence-corrected chi connectivity index (χ1v) is 5.72. The molecule has 0 heterocycles. The van der Waals surface area contributed by atoms with Crippen molar-refractivity contribution in [1.29, 1.82) is 0 Å². The molecule has 0 unspecified atom stereocenters. The summed E-state index contributed by atoms with van der Waals surface area (Å²) in [5.74, 6) is 0.714. The molecule has 14 heavy (non-hydrogen) atoms. The van der Waals surface area contributed by atoms with Gasteiger partial charge in [0.2, 0.25) is 0 Å². The molecule has 80 valence electrons. The molecule has 0 aromatic rings. The average Bonchev–Trinajstić information content (AvgIpc) is 2.42. The monoisotopic (exact) mass is 196 g/mol. The molecule has 0 radical (unpaired) electrons. The molecule has 0 amide bonds. The minimum atomic E-state index is 0.131. The minimum absolute atomic E-state index is 0.131. The highest BCUT2D eigenvalue weighted by molar-refractivity contribution is 5.86. The highest BCUT2D eigenvalue weighted by Gasteiger charge is 2.19. The van der Waals surface area contributed by atoms with E-state index in [4.69, 9.17) is 0 Å². The van der Waals surface area contributed by atoms with Crippen LogP contribution in [0.4, 0.5) is 0 Å². The van der Waals surface area contributed by atoms with Crippen molar-refractivity contribution in [3.05, 3.63) is 0 Å². The molecule has 1 fully saturated rings. The third kappa shape index (κ3) is 4.03. The predicted octanol–water partition coefficient (Wildman–Crippen LogP) is 2.90. The van der Waals surface area contributed by atoms with Gasteiger partial charge in [-0.25, -0.2) is 0 Å². The Morgan fingerprint density at radius 2 is 1.57 bits per heavy atom. The summed E-state index contributed by atoms with van der Waals surface area (Å²) in [7, 11) is 0. The van der Waals surface area contributed by atoms with Crippen molar-refractivity contribution in [1.82, 2.24) is 0 Å². The summed E-state index contributed by atoms with van der Waals surface area (Å²) in [4.78, 5) is 22.4. The van der Waals surface area contributed by atoms with Gasteiger partial charge < -0.3 is 4.79 Å². The Morgan fingerprint density at radius 1 is 1.00 bits per heavy atom. The topological polar surface area (TPSA) is 34.1 Å². The number of hydrogen-bond acceptors (Lipinski definition) is 2. The molecule has 1 saturated carbocycles. The van der Waals surface area contributed by atoms with E-state index in [1.54, 1.807) is 6.92 Å². The third-order valence-electron chi connectivity index (χ3n) is 3.03. The highest BCUT2D eigenvalue weighted by Crippen LogP contribution is 2.24. The molecule has 1 aliphatic carbocycles. The van der Waals surface area contributed by atoms with Crippen LogP contribution in [0.1, 0.15) is 58.3 Å². The quantitative estimate of drug-likeness (QED) is 0.648. The average molecular weight is 196 g/mol. The molecule has 1 rings (SSSR count). The molecule has 0 saturated heterocycles. The first-order chi connectivity index (χ1) is 6.70. The molecule has 2 heteroatoms. The molecule has 0 aromatic carbocycles. The molecule has 2 nitrogen and oxygen atoms in total. The van der Waals surface area contributed by atoms with Gasteiger partial charge in [-0.1, -0.05) is 25.7 Å². The van der Waals surface area contributed by atoms with Gasteiger partial charge in [0.1, 0.15) is 11.6 Å². The smallest absolute Gasteiger partial charge is 0.136 e. The third-order valence-corrected chi connectivity index (χ3v) is 3.03. The molecular formula is C12H20O2. The van der Waals surface area contributed by atoms with Crippen LogP contribution in [-0.4, -0.2) is 11.6 Å². The van der Waals surface area contributed by atoms with Crippen molar-refractivity contribution < 1.29 is 9.59 Å². The van der Waals surface area contributed by atoms with Crippen LogP contribution < -0.4 is 0 Å². The summed E-state index contributed by atoms with van der Waals surface area (Å²) in [6.45, 7) is 1.56. The number of ketones is 2. The van der Waals surface area contributed by atoms with Gasteiger partial charge in [0.05, 0.1) is 0 Å². The van der Waals surface area contributed by atoms with E-state index in [0.717, 1.165) is 12.8 Å². The fraction of sp³-hybridized carbons (Fsp3) is 0.833. The van der Waals surface area contributed by atoms with Crippen molar-refractivity contribution in [2.75, 3.05) is 0 Å². The lowest BCUT2D eigenvalue weighted by molar-refractivity contribution is -0.126. The van der Waals surface area contributed by atoms with Gasteiger partial charge in [-0.3, -0.25) is 4.79 Å². The van der Waals surface area contributed by atoms with E-state index in [1.807, 2.05) is 0 Å². The number of hydrogen-bond donors (Lipinski definition) is 0. The van der Waals surface area contributed by atoms with Crippen LogP contribution >= 0.6 is 0 Å². The SMILES string of the molecule is CC(=O)CCC(=O)C1CCCCCC1. The van der Waals surface area contributed by atoms with Crippen molar-refractivity contribution >= 4 is 11.6 Å². The second-order valence-corrected chi connectivity index (χ2v) is 4.36. The first kappa shape index (κ1) is 11.4. The van der Waals surface area contributed by atoms with E-state index in [9.17, 15) is 9.59 Å². The van der Waals surface area contributed by atoms with E-state index >= 15 is 0 Å². The second kappa shape index (κ2) is 5.94. The lowest BCUT2D eigenvalue weighted by Gasteiger charge is -2.11. The van der Waals surface area contributed by atoms with Crippen molar-refractivity contribution in [2.24, 2.45) is 5.92 Å². The van der Waals surface area contributed by atoms with Crippen LogP contribution in [0.3, 0.4) is 0 Å². The van der Waals surface area contributed by atoms with Crippen LogP contribution in [0.5, 0.6) is 0 Å². The molecule has 0 N–H and O–H groups in total. The van der Waals surface area contributed by atoms with E-state index in [-0.39, 0.29) is 11.7 Å². The second-order valence-electron chi connectivity index (χ2n) is 4.36. The van der Waals surface area contributed by atoms with E-state index in [1.165, 1.54) is 25.7 Å². The molecular weight excluding hydrogens is 176 g/mol. The zero-order chi connectivity index (χ0) is 10.4. The maximum absolute atomic E-state index is 11.7. The summed E-state index contributed by atoms with van der Waals surface area (Å²) in [6.07, 6.45) is 7.95. The van der Waals surface area contributed by atoms with Gasteiger partial charge in [0, 0.05) is 18.8 Å². The van der Waals surface area contributed by atoms with Crippen LogP contribution in [0.2, 0.25) is 0 Å². The summed E-state index contributed by atoms with van der Waals surface area (Å²) in [5.41, 5.74) is 0. The largest absolute Gasteiger partial charge is 0.300 e. The summed E-state index contributed by atoms with van der Waals surface area (Å²) in [6, 6.07) is 0. The molecule has 1 aliphatic rings. The normalized spacial score (nSPS) is 18.9. The van der Waals surface area contributed by atoms with Gasteiger partial charge in [-0.2, -0.15) is 0 Å². The Bertz CT molecular complexity index is 200. The highest BCUT2D eigenvalue weighted by atomic mass is 16.1. The van der Waals surface area contributed by atoms with E-state index in [2.05, 4.69) is 0 Å². The van der Waals surface area contributed by atoms with E-state index < -0.39 is 0 Å². The van der Waals surface area contributed by atoms with Crippen LogP contribution in [0.15, 0.2) is 0 Å². The van der Waals surface area contributed by atoms with Crippen LogP contribution in [0.25, 0.3) is 0 Å². The summed E-state index contributed by atoms with van der Waals surface area (Å²) >= 11 is 0. The molecule has 0 aliphatic heterocycles. The maximum Gasteiger partial charge on any atom is 0.136 e. The summed E-state index contributed by atoms with van der Waals surface area (Å²) in [5, 5.41) is 0. The summed E-state index contributed by atoms with van der Waals surface area (Å²) < 4.78 is 0. The first-order valence-electron chi connectivity index (χ1n) is 5.72. The number of rotatable bonds is 4. The molecule has 0 bridgehead atoms. The van der Waals surface area contributed by atoms with Gasteiger partial charge in [0.15, 0.2) is 0 Å². The minimum Gasteiger partial charge on any atom is -0.300 e. The molecule has 0 aromatic heterocycles. The van der Waals surface area contributed by atoms with Gasteiger partial charge in [-0.05, 0) is 19.8 Å². The fourth-order valence-electron chi connectivity index (χ4n) is 2.10. The predicted molar refractivity (Wildman–Crippen MR) is 56.1 cm³/mol. The Balaban J connectivity index is 2.30. The van der Waals surface area contributed by atoms with Crippen LogP contribution in [0, 0.1) is 5.92 Å². The number of carbonyl (C=O) groups excluding carboxylic acids is 2. The van der Waals surface area contributed by atoms with Crippen molar-refractivity contribution in [3.63, 3.8) is 0 Å². The standard InChI is InChI=1S/C12H20O2/c1-10(13)8-9-12(14)11-6-4-2-3-5-7-11/h11H,2-9H2,1H3.